The summed E-state index contributed by atoms with van der Waals surface area (Å²) < 4.78 is 5.43. The van der Waals surface area contributed by atoms with Crippen molar-refractivity contribution in [3.63, 3.8) is 0 Å². The molecule has 2 unspecified atom stereocenters. The molecule has 1 heterocycles. The maximum atomic E-state index is 9.48. The summed E-state index contributed by atoms with van der Waals surface area (Å²) in [7, 11) is 0. The van der Waals surface area contributed by atoms with Crippen molar-refractivity contribution < 1.29 is 9.84 Å². The Balaban J connectivity index is 2.06. The van der Waals surface area contributed by atoms with Gasteiger partial charge in [-0.05, 0) is 31.9 Å². The van der Waals surface area contributed by atoms with Crippen LogP contribution in [-0.2, 0) is 4.74 Å². The second kappa shape index (κ2) is 5.10. The number of thioether (sulfide) groups is 1. The second-order valence-electron chi connectivity index (χ2n) is 3.57. The molecule has 1 N–H and O–H groups in total. The van der Waals surface area contributed by atoms with E-state index in [0.717, 1.165) is 24.5 Å². The molecule has 0 amide bonds. The van der Waals surface area contributed by atoms with E-state index in [-0.39, 0.29) is 6.10 Å². The Labute approximate surface area is 78.7 Å². The SMILES string of the molecule is CC(C)OCCC1CSCC1O. The molecule has 0 bridgehead atoms. The lowest BCUT2D eigenvalue weighted by Gasteiger charge is -2.14. The van der Waals surface area contributed by atoms with Crippen LogP contribution in [-0.4, -0.2) is 35.4 Å². The van der Waals surface area contributed by atoms with Crippen LogP contribution in [0, 0.1) is 5.92 Å². The molecule has 12 heavy (non-hydrogen) atoms. The molecule has 0 aliphatic carbocycles. The average Bonchev–Trinajstić information content (AvgIpc) is 2.36. The first-order chi connectivity index (χ1) is 5.70. The van der Waals surface area contributed by atoms with E-state index in [1.807, 2.05) is 25.6 Å². The molecule has 3 heteroatoms. The Morgan fingerprint density at radius 2 is 2.25 bits per heavy atom. The zero-order valence-corrected chi connectivity index (χ0v) is 8.64. The highest BCUT2D eigenvalue weighted by Gasteiger charge is 2.25. The van der Waals surface area contributed by atoms with Crippen LogP contribution >= 0.6 is 11.8 Å². The highest BCUT2D eigenvalue weighted by Crippen LogP contribution is 2.26. The van der Waals surface area contributed by atoms with E-state index in [1.54, 1.807) is 0 Å². The fourth-order valence-corrected chi connectivity index (χ4v) is 2.66. The Hall–Kier alpha value is 0.270. The predicted octanol–water partition coefficient (Wildman–Crippen LogP) is 1.53. The third-order valence-corrected chi connectivity index (χ3v) is 3.35. The van der Waals surface area contributed by atoms with E-state index in [4.69, 9.17) is 4.74 Å². The predicted molar refractivity (Wildman–Crippen MR) is 52.5 cm³/mol. The molecule has 1 fully saturated rings. The summed E-state index contributed by atoms with van der Waals surface area (Å²) in [4.78, 5) is 0. The van der Waals surface area contributed by atoms with Crippen LogP contribution in [0.3, 0.4) is 0 Å². The molecule has 1 saturated heterocycles. The summed E-state index contributed by atoms with van der Waals surface area (Å²) >= 11 is 1.84. The standard InChI is InChI=1S/C9H18O2S/c1-7(2)11-4-3-8-5-12-6-9(8)10/h7-10H,3-6H2,1-2H3. The Morgan fingerprint density at radius 1 is 1.50 bits per heavy atom. The van der Waals surface area contributed by atoms with Crippen molar-refractivity contribution >= 4 is 11.8 Å². The van der Waals surface area contributed by atoms with Gasteiger partial charge in [0.05, 0.1) is 12.2 Å². The van der Waals surface area contributed by atoms with Crippen molar-refractivity contribution in [2.75, 3.05) is 18.1 Å². The summed E-state index contributed by atoms with van der Waals surface area (Å²) in [5.74, 6) is 2.48. The van der Waals surface area contributed by atoms with Crippen molar-refractivity contribution in [1.29, 1.82) is 0 Å². The molecule has 0 spiro atoms. The number of aliphatic hydroxyl groups excluding tert-OH is 1. The van der Waals surface area contributed by atoms with Crippen molar-refractivity contribution in [3.05, 3.63) is 0 Å². The molecule has 0 aromatic carbocycles. The summed E-state index contributed by atoms with van der Waals surface area (Å²) in [5.41, 5.74) is 0. The molecule has 0 aromatic rings. The highest BCUT2D eigenvalue weighted by molar-refractivity contribution is 7.99. The molecular weight excluding hydrogens is 172 g/mol. The van der Waals surface area contributed by atoms with Gasteiger partial charge in [-0.3, -0.25) is 0 Å². The first kappa shape index (κ1) is 10.4. The van der Waals surface area contributed by atoms with Crippen molar-refractivity contribution in [1.82, 2.24) is 0 Å². The van der Waals surface area contributed by atoms with Gasteiger partial charge in [-0.25, -0.2) is 0 Å². The van der Waals surface area contributed by atoms with Gasteiger partial charge in [-0.2, -0.15) is 11.8 Å². The molecular formula is C9H18O2S. The van der Waals surface area contributed by atoms with Gasteiger partial charge in [0.1, 0.15) is 0 Å². The Kier molecular flexibility index (Phi) is 4.40. The van der Waals surface area contributed by atoms with E-state index < -0.39 is 0 Å². The summed E-state index contributed by atoms with van der Waals surface area (Å²) in [6.45, 7) is 4.87. The minimum Gasteiger partial charge on any atom is -0.392 e. The fourth-order valence-electron chi connectivity index (χ4n) is 1.32. The van der Waals surface area contributed by atoms with Crippen molar-refractivity contribution in [3.8, 4) is 0 Å². The molecule has 0 radical (unpaired) electrons. The lowest BCUT2D eigenvalue weighted by molar-refractivity contribution is 0.0536. The zero-order chi connectivity index (χ0) is 8.97. The number of aliphatic hydroxyl groups is 1. The lowest BCUT2D eigenvalue weighted by Crippen LogP contribution is -2.20. The largest absolute Gasteiger partial charge is 0.392 e. The van der Waals surface area contributed by atoms with E-state index in [9.17, 15) is 5.11 Å². The van der Waals surface area contributed by atoms with E-state index in [0.29, 0.717) is 12.0 Å². The monoisotopic (exact) mass is 190 g/mol. The van der Waals surface area contributed by atoms with Crippen LogP contribution in [0.5, 0.6) is 0 Å². The molecule has 2 atom stereocenters. The van der Waals surface area contributed by atoms with E-state index in [1.165, 1.54) is 0 Å². The van der Waals surface area contributed by atoms with Gasteiger partial charge in [-0.15, -0.1) is 0 Å². The molecule has 72 valence electrons. The van der Waals surface area contributed by atoms with Crippen LogP contribution in [0.25, 0.3) is 0 Å². The van der Waals surface area contributed by atoms with Gasteiger partial charge < -0.3 is 9.84 Å². The van der Waals surface area contributed by atoms with E-state index in [2.05, 4.69) is 0 Å². The van der Waals surface area contributed by atoms with Gasteiger partial charge in [-0.1, -0.05) is 0 Å². The zero-order valence-electron chi connectivity index (χ0n) is 7.82. The third kappa shape index (κ3) is 3.33. The lowest BCUT2D eigenvalue weighted by atomic mass is 10.0. The van der Waals surface area contributed by atoms with E-state index >= 15 is 0 Å². The van der Waals surface area contributed by atoms with Crippen LogP contribution in [0.15, 0.2) is 0 Å². The molecule has 0 aromatic heterocycles. The quantitative estimate of drug-likeness (QED) is 0.729. The third-order valence-electron chi connectivity index (χ3n) is 2.10. The number of hydrogen-bond acceptors (Lipinski definition) is 3. The number of rotatable bonds is 4. The first-order valence-electron chi connectivity index (χ1n) is 4.57. The summed E-state index contributed by atoms with van der Waals surface area (Å²) in [6.07, 6.45) is 1.23. The average molecular weight is 190 g/mol. The fraction of sp³-hybridized carbons (Fsp3) is 1.00. The van der Waals surface area contributed by atoms with Crippen LogP contribution in [0.2, 0.25) is 0 Å². The van der Waals surface area contributed by atoms with Gasteiger partial charge >= 0.3 is 0 Å². The number of hydrogen-bond donors (Lipinski definition) is 1. The normalized spacial score (nSPS) is 30.0. The molecule has 0 saturated carbocycles. The topological polar surface area (TPSA) is 29.5 Å². The minimum atomic E-state index is -0.0919. The summed E-state index contributed by atoms with van der Waals surface area (Å²) in [5, 5.41) is 9.48. The maximum absolute atomic E-state index is 9.48. The van der Waals surface area contributed by atoms with Gasteiger partial charge in [0.15, 0.2) is 0 Å². The highest BCUT2D eigenvalue weighted by atomic mass is 32.2. The molecule has 1 aliphatic rings. The van der Waals surface area contributed by atoms with Gasteiger partial charge in [0, 0.05) is 12.4 Å². The Morgan fingerprint density at radius 3 is 2.75 bits per heavy atom. The second-order valence-corrected chi connectivity index (χ2v) is 4.65. The van der Waals surface area contributed by atoms with Crippen molar-refractivity contribution in [2.45, 2.75) is 32.5 Å². The molecule has 1 rings (SSSR count). The van der Waals surface area contributed by atoms with Crippen molar-refractivity contribution in [2.24, 2.45) is 5.92 Å². The first-order valence-corrected chi connectivity index (χ1v) is 5.73. The number of ether oxygens (including phenoxy) is 1. The maximum Gasteiger partial charge on any atom is 0.0667 e. The molecule has 1 aliphatic heterocycles. The van der Waals surface area contributed by atoms with Gasteiger partial charge in [0.2, 0.25) is 0 Å². The minimum absolute atomic E-state index is 0.0919. The van der Waals surface area contributed by atoms with Crippen LogP contribution < -0.4 is 0 Å². The molecule has 2 nitrogen and oxygen atoms in total. The van der Waals surface area contributed by atoms with Gasteiger partial charge in [0.25, 0.3) is 0 Å². The smallest absolute Gasteiger partial charge is 0.0667 e. The Bertz CT molecular complexity index is 128. The summed E-state index contributed by atoms with van der Waals surface area (Å²) in [6, 6.07) is 0. The van der Waals surface area contributed by atoms with Crippen LogP contribution in [0.1, 0.15) is 20.3 Å². The van der Waals surface area contributed by atoms with Crippen LogP contribution in [0.4, 0.5) is 0 Å².